The Morgan fingerprint density at radius 1 is 0.810 bits per heavy atom. The molecule has 0 aromatic heterocycles. The van der Waals surface area contributed by atoms with Crippen LogP contribution in [0.15, 0.2) is 41.3 Å². The highest BCUT2D eigenvalue weighted by atomic mass is 32.2. The third-order valence-electron chi connectivity index (χ3n) is 3.21. The molecule has 0 fully saturated rings. The van der Waals surface area contributed by atoms with E-state index < -0.39 is 43.2 Å². The summed E-state index contributed by atoms with van der Waals surface area (Å²) in [6, 6.07) is 8.92. The molecule has 0 unspecified atom stereocenters. The van der Waals surface area contributed by atoms with Gasteiger partial charge in [-0.05, 0) is 22.9 Å². The molecule has 1 N–H and O–H groups in total. The fourth-order valence-corrected chi connectivity index (χ4v) is 3.06. The van der Waals surface area contributed by atoms with Crippen LogP contribution in [-0.2, 0) is 10.1 Å². The molecular weight excluding hydrogens is 305 g/mol. The SMILES string of the molecule is O=S(=O)(O)c1c(F)c(F)c(F)c2cc3ccccc3cc12. The first-order chi connectivity index (χ1) is 9.80. The molecule has 108 valence electrons. The van der Waals surface area contributed by atoms with Crippen molar-refractivity contribution in [3.63, 3.8) is 0 Å². The maximum absolute atomic E-state index is 13.9. The van der Waals surface area contributed by atoms with Crippen LogP contribution in [0, 0.1) is 17.5 Å². The van der Waals surface area contributed by atoms with E-state index in [1.807, 2.05) is 0 Å². The van der Waals surface area contributed by atoms with Crippen molar-refractivity contribution in [1.82, 2.24) is 0 Å². The van der Waals surface area contributed by atoms with Crippen LogP contribution in [0.1, 0.15) is 0 Å². The van der Waals surface area contributed by atoms with Crippen molar-refractivity contribution in [3.05, 3.63) is 53.8 Å². The minimum Gasteiger partial charge on any atom is -0.282 e. The molecule has 21 heavy (non-hydrogen) atoms. The molecule has 7 heteroatoms. The first kappa shape index (κ1) is 13.8. The normalized spacial score (nSPS) is 12.2. The largest absolute Gasteiger partial charge is 0.298 e. The fourth-order valence-electron chi connectivity index (χ4n) is 2.29. The Balaban J connectivity index is 2.65. The summed E-state index contributed by atoms with van der Waals surface area (Å²) < 4.78 is 72.8. The summed E-state index contributed by atoms with van der Waals surface area (Å²) in [4.78, 5) is -1.26. The molecule has 0 aliphatic heterocycles. The summed E-state index contributed by atoms with van der Waals surface area (Å²) in [5.74, 6) is -5.37. The Bertz CT molecular complexity index is 997. The Morgan fingerprint density at radius 3 is 1.86 bits per heavy atom. The molecule has 3 aromatic rings. The van der Waals surface area contributed by atoms with Crippen LogP contribution in [0.4, 0.5) is 13.2 Å². The van der Waals surface area contributed by atoms with Crippen molar-refractivity contribution in [2.24, 2.45) is 0 Å². The van der Waals surface area contributed by atoms with Gasteiger partial charge in [-0.15, -0.1) is 0 Å². The summed E-state index contributed by atoms with van der Waals surface area (Å²) in [7, 11) is -5.05. The van der Waals surface area contributed by atoms with Crippen LogP contribution in [0.2, 0.25) is 0 Å². The average molecular weight is 312 g/mol. The van der Waals surface area contributed by atoms with E-state index in [0.29, 0.717) is 10.8 Å². The molecule has 0 bridgehead atoms. The summed E-state index contributed by atoms with van der Waals surface area (Å²) in [5, 5.41) is 0.198. The van der Waals surface area contributed by atoms with Gasteiger partial charge in [0.1, 0.15) is 4.90 Å². The molecule has 3 nitrogen and oxygen atoms in total. The summed E-state index contributed by atoms with van der Waals surface area (Å²) >= 11 is 0. The van der Waals surface area contributed by atoms with Crippen molar-refractivity contribution >= 4 is 31.7 Å². The molecule has 0 aliphatic rings. The molecule has 3 rings (SSSR count). The van der Waals surface area contributed by atoms with Gasteiger partial charge in [0.15, 0.2) is 17.5 Å². The first-order valence-electron chi connectivity index (χ1n) is 5.77. The van der Waals surface area contributed by atoms with Crippen LogP contribution in [0.5, 0.6) is 0 Å². The second-order valence-corrected chi connectivity index (χ2v) is 5.85. The van der Waals surface area contributed by atoms with Crippen LogP contribution in [-0.4, -0.2) is 13.0 Å². The lowest BCUT2D eigenvalue weighted by Gasteiger charge is -2.09. The first-order valence-corrected chi connectivity index (χ1v) is 7.21. The minimum absolute atomic E-state index is 0.410. The number of halogens is 3. The van der Waals surface area contributed by atoms with Gasteiger partial charge >= 0.3 is 0 Å². The van der Waals surface area contributed by atoms with E-state index in [9.17, 15) is 21.6 Å². The predicted molar refractivity (Wildman–Crippen MR) is 71.1 cm³/mol. The number of hydrogen-bond donors (Lipinski definition) is 1. The van der Waals surface area contributed by atoms with Crippen molar-refractivity contribution in [3.8, 4) is 0 Å². The maximum atomic E-state index is 13.9. The van der Waals surface area contributed by atoms with Gasteiger partial charge in [-0.2, -0.15) is 8.42 Å². The predicted octanol–water partition coefficient (Wildman–Crippen LogP) is 3.66. The second kappa shape index (κ2) is 4.44. The molecule has 0 amide bonds. The second-order valence-electron chi connectivity index (χ2n) is 4.49. The molecule has 0 heterocycles. The van der Waals surface area contributed by atoms with Crippen LogP contribution in [0.25, 0.3) is 21.5 Å². The Morgan fingerprint density at radius 2 is 1.33 bits per heavy atom. The quantitative estimate of drug-likeness (QED) is 0.424. The lowest BCUT2D eigenvalue weighted by molar-refractivity contribution is 0.429. The van der Waals surface area contributed by atoms with E-state index >= 15 is 0 Å². The molecule has 0 aliphatic carbocycles. The summed E-state index contributed by atoms with van der Waals surface area (Å²) in [6.07, 6.45) is 0. The van der Waals surface area contributed by atoms with Gasteiger partial charge in [0.25, 0.3) is 10.1 Å². The lowest BCUT2D eigenvalue weighted by atomic mass is 10.0. The van der Waals surface area contributed by atoms with Gasteiger partial charge in [0.05, 0.1) is 0 Å². The smallest absolute Gasteiger partial charge is 0.282 e. The molecule has 3 aromatic carbocycles. The van der Waals surface area contributed by atoms with E-state index in [0.717, 1.165) is 0 Å². The molecule has 0 saturated carbocycles. The number of benzene rings is 3. The number of rotatable bonds is 1. The lowest BCUT2D eigenvalue weighted by Crippen LogP contribution is -2.07. The van der Waals surface area contributed by atoms with Crippen molar-refractivity contribution in [2.75, 3.05) is 0 Å². The zero-order valence-corrected chi connectivity index (χ0v) is 11.1. The van der Waals surface area contributed by atoms with Gasteiger partial charge in [0.2, 0.25) is 0 Å². The van der Waals surface area contributed by atoms with Crippen LogP contribution in [0.3, 0.4) is 0 Å². The fraction of sp³-hybridized carbons (Fsp3) is 0. The third kappa shape index (κ3) is 2.05. The molecular formula is C14H7F3O3S. The number of fused-ring (bicyclic) bond motifs is 2. The highest BCUT2D eigenvalue weighted by Crippen LogP contribution is 2.33. The van der Waals surface area contributed by atoms with E-state index in [1.54, 1.807) is 24.3 Å². The molecule has 0 spiro atoms. The van der Waals surface area contributed by atoms with Gasteiger partial charge < -0.3 is 0 Å². The zero-order valence-electron chi connectivity index (χ0n) is 10.3. The Labute approximate surface area is 117 Å². The summed E-state index contributed by atoms with van der Waals surface area (Å²) in [5.41, 5.74) is 0. The average Bonchev–Trinajstić information content (AvgIpc) is 2.42. The molecule has 0 saturated heterocycles. The molecule has 0 atom stereocenters. The topological polar surface area (TPSA) is 54.4 Å². The Hall–Kier alpha value is -2.12. The standard InChI is InChI=1S/C14H7F3O3S/c15-11-9-5-7-3-1-2-4-8(7)6-10(9)14(21(18,19)20)13(17)12(11)16/h1-6H,(H,18,19,20). The van der Waals surface area contributed by atoms with Gasteiger partial charge in [-0.3, -0.25) is 4.55 Å². The monoisotopic (exact) mass is 312 g/mol. The Kier molecular flexibility index (Phi) is 2.93. The maximum Gasteiger partial charge on any atom is 0.298 e. The van der Waals surface area contributed by atoms with E-state index in [-0.39, 0.29) is 0 Å². The zero-order chi connectivity index (χ0) is 15.4. The van der Waals surface area contributed by atoms with Crippen molar-refractivity contribution in [1.29, 1.82) is 0 Å². The van der Waals surface area contributed by atoms with Crippen molar-refractivity contribution < 1.29 is 26.1 Å². The van der Waals surface area contributed by atoms with Crippen molar-refractivity contribution in [2.45, 2.75) is 4.90 Å². The summed E-state index contributed by atoms with van der Waals surface area (Å²) in [6.45, 7) is 0. The molecule has 0 radical (unpaired) electrons. The van der Waals surface area contributed by atoms with E-state index in [1.165, 1.54) is 12.1 Å². The highest BCUT2D eigenvalue weighted by molar-refractivity contribution is 7.86. The van der Waals surface area contributed by atoms with Gasteiger partial charge in [0, 0.05) is 10.8 Å². The number of hydrogen-bond acceptors (Lipinski definition) is 2. The minimum atomic E-state index is -5.05. The highest BCUT2D eigenvalue weighted by Gasteiger charge is 2.27. The van der Waals surface area contributed by atoms with E-state index in [4.69, 9.17) is 4.55 Å². The van der Waals surface area contributed by atoms with Crippen LogP contribution >= 0.6 is 0 Å². The third-order valence-corrected chi connectivity index (χ3v) is 4.12. The van der Waals surface area contributed by atoms with Crippen LogP contribution < -0.4 is 0 Å². The van der Waals surface area contributed by atoms with E-state index in [2.05, 4.69) is 0 Å². The van der Waals surface area contributed by atoms with Gasteiger partial charge in [-0.1, -0.05) is 24.3 Å². The van der Waals surface area contributed by atoms with Gasteiger partial charge in [-0.25, -0.2) is 13.2 Å².